The van der Waals surface area contributed by atoms with Crippen LogP contribution in [0.4, 0.5) is 37.3 Å². The number of rotatable bonds is 2. The highest BCUT2D eigenvalue weighted by Crippen LogP contribution is 2.36. The van der Waals surface area contributed by atoms with Gasteiger partial charge in [0.25, 0.3) is 0 Å². The number of piperidine rings is 1. The number of carbonyl (C=O) groups is 2. The van der Waals surface area contributed by atoms with Crippen LogP contribution in [-0.4, -0.2) is 89.1 Å². The van der Waals surface area contributed by atoms with Gasteiger partial charge >= 0.3 is 24.3 Å². The quantitative estimate of drug-likeness (QED) is 0.514. The van der Waals surface area contributed by atoms with Gasteiger partial charge in [-0.2, -0.15) is 31.4 Å². The summed E-state index contributed by atoms with van der Waals surface area (Å²) < 4.78 is 69.5. The molecule has 2 saturated heterocycles. The second-order valence-corrected chi connectivity index (χ2v) is 9.33. The molecule has 2 aliphatic rings. The van der Waals surface area contributed by atoms with Gasteiger partial charge in [-0.05, 0) is 31.9 Å². The highest BCUT2D eigenvalue weighted by Gasteiger charge is 2.40. The number of hydrogen-bond donors (Lipinski definition) is 2. The molecule has 0 aromatic carbocycles. The summed E-state index contributed by atoms with van der Waals surface area (Å²) in [4.78, 5) is 27.0. The predicted molar refractivity (Wildman–Crippen MR) is 123 cm³/mol. The van der Waals surface area contributed by atoms with Crippen molar-refractivity contribution < 1.29 is 50.9 Å². The van der Waals surface area contributed by atoms with Crippen LogP contribution in [0.1, 0.15) is 18.5 Å². The molecule has 212 valence electrons. The van der Waals surface area contributed by atoms with Crippen molar-refractivity contribution in [2.75, 3.05) is 49.2 Å². The molecule has 2 aromatic heterocycles. The van der Waals surface area contributed by atoms with Crippen molar-refractivity contribution in [1.29, 1.82) is 0 Å². The number of anilines is 2. The highest BCUT2D eigenvalue weighted by atomic mass is 32.1. The van der Waals surface area contributed by atoms with Gasteiger partial charge in [0.2, 0.25) is 0 Å². The molecule has 4 rings (SSSR count). The molecule has 0 amide bonds. The first kappa shape index (κ1) is 31.0. The summed E-state index contributed by atoms with van der Waals surface area (Å²) >= 11 is 1.71. The lowest BCUT2D eigenvalue weighted by Crippen LogP contribution is -2.51. The number of aryl methyl sites for hydroxylation is 1. The van der Waals surface area contributed by atoms with Crippen LogP contribution in [-0.2, 0) is 14.3 Å². The lowest BCUT2D eigenvalue weighted by Gasteiger charge is -2.43. The second kappa shape index (κ2) is 13.0. The minimum atomic E-state index is -5.08. The van der Waals surface area contributed by atoms with E-state index in [0.717, 1.165) is 62.5 Å². The number of aliphatic carboxylic acids is 2. The van der Waals surface area contributed by atoms with Crippen LogP contribution in [0.3, 0.4) is 0 Å². The van der Waals surface area contributed by atoms with E-state index in [1.165, 1.54) is 6.42 Å². The van der Waals surface area contributed by atoms with Gasteiger partial charge in [0.15, 0.2) is 10.9 Å². The van der Waals surface area contributed by atoms with Crippen molar-refractivity contribution in [3.05, 3.63) is 29.4 Å². The Bertz CT molecular complexity index is 1010. The van der Waals surface area contributed by atoms with Crippen molar-refractivity contribution in [2.24, 2.45) is 5.41 Å². The molecule has 10 nitrogen and oxygen atoms in total. The van der Waals surface area contributed by atoms with Gasteiger partial charge in [0.05, 0.1) is 18.9 Å². The Kier molecular flexibility index (Phi) is 10.6. The normalized spacial score (nSPS) is 20.0. The number of thiazole rings is 1. The molecule has 2 N–H and O–H groups in total. The molecule has 0 saturated carbocycles. The van der Waals surface area contributed by atoms with Crippen molar-refractivity contribution in [2.45, 2.75) is 32.1 Å². The van der Waals surface area contributed by atoms with Crippen molar-refractivity contribution >= 4 is 34.2 Å². The minimum Gasteiger partial charge on any atom is -0.475 e. The number of alkyl halides is 6. The van der Waals surface area contributed by atoms with Crippen molar-refractivity contribution in [3.8, 4) is 0 Å². The van der Waals surface area contributed by atoms with Gasteiger partial charge in [0.1, 0.15) is 0 Å². The average Bonchev–Trinajstić information content (AvgIpc) is 3.29. The van der Waals surface area contributed by atoms with Crippen LogP contribution < -0.4 is 9.80 Å². The maximum absolute atomic E-state index is 10.6. The summed E-state index contributed by atoms with van der Waals surface area (Å²) in [6, 6.07) is 4.12. The maximum Gasteiger partial charge on any atom is 0.490 e. The minimum absolute atomic E-state index is 0.132. The molecular weight excluding hydrogens is 548 g/mol. The van der Waals surface area contributed by atoms with Gasteiger partial charge in [0, 0.05) is 43.2 Å². The van der Waals surface area contributed by atoms with Crippen LogP contribution in [0.5, 0.6) is 0 Å². The molecule has 2 aromatic rings. The summed E-state index contributed by atoms with van der Waals surface area (Å²) in [6.07, 6.45) is -5.94. The largest absolute Gasteiger partial charge is 0.490 e. The lowest BCUT2D eigenvalue weighted by molar-refractivity contribution is -0.193. The SMILES string of the molecule is Cc1ccc(N2CCCC3(COCCN(c4nccs4)C3)C2)nn1.O=C(O)C(F)(F)F.O=C(O)C(F)(F)F. The Balaban J connectivity index is 0.000000301. The Morgan fingerprint density at radius 1 is 1.00 bits per heavy atom. The molecule has 0 radical (unpaired) electrons. The average molecular weight is 574 g/mol. The molecule has 4 heterocycles. The summed E-state index contributed by atoms with van der Waals surface area (Å²) in [5, 5.41) is 26.0. The van der Waals surface area contributed by atoms with E-state index in [9.17, 15) is 26.3 Å². The van der Waals surface area contributed by atoms with Crippen molar-refractivity contribution in [3.63, 3.8) is 0 Å². The first-order chi connectivity index (χ1) is 17.6. The summed E-state index contributed by atoms with van der Waals surface area (Å²) in [5.41, 5.74) is 1.09. The van der Waals surface area contributed by atoms with E-state index in [2.05, 4.69) is 31.0 Å². The zero-order chi connectivity index (χ0) is 28.6. The standard InChI is InChI=1S/C17H23N5OS.2C2HF3O2/c1-14-3-4-15(20-19-14)21-7-2-5-17(11-21)12-22(8-9-23-13-17)16-18-6-10-24-16;2*3-2(4,5)1(6)7/h3-4,6,10H,2,5,7-9,11-13H2,1H3;2*(H,6,7). The highest BCUT2D eigenvalue weighted by molar-refractivity contribution is 7.13. The molecule has 2 aliphatic heterocycles. The smallest absolute Gasteiger partial charge is 0.475 e. The van der Waals surface area contributed by atoms with E-state index in [1.807, 2.05) is 24.6 Å². The van der Waals surface area contributed by atoms with Crippen LogP contribution in [0, 0.1) is 12.3 Å². The molecule has 0 aliphatic carbocycles. The van der Waals surface area contributed by atoms with Gasteiger partial charge in [-0.15, -0.1) is 16.4 Å². The van der Waals surface area contributed by atoms with Crippen LogP contribution >= 0.6 is 11.3 Å². The third-order valence-electron chi connectivity index (χ3n) is 5.38. The van der Waals surface area contributed by atoms with Crippen LogP contribution in [0.25, 0.3) is 0 Å². The molecule has 17 heteroatoms. The monoisotopic (exact) mass is 573 g/mol. The molecular formula is C21H25F6N5O5S. The molecule has 38 heavy (non-hydrogen) atoms. The van der Waals surface area contributed by atoms with E-state index in [4.69, 9.17) is 24.5 Å². The second-order valence-electron chi connectivity index (χ2n) is 8.45. The fourth-order valence-electron chi connectivity index (χ4n) is 3.74. The van der Waals surface area contributed by atoms with E-state index in [0.29, 0.717) is 0 Å². The summed E-state index contributed by atoms with van der Waals surface area (Å²) in [7, 11) is 0. The lowest BCUT2D eigenvalue weighted by atomic mass is 9.80. The molecule has 1 spiro atoms. The molecule has 1 unspecified atom stereocenters. The number of carboxylic acid groups (broad SMARTS) is 2. The zero-order valence-corrected chi connectivity index (χ0v) is 20.8. The Labute approximate surface area is 216 Å². The number of aromatic nitrogens is 3. The van der Waals surface area contributed by atoms with Gasteiger partial charge in [-0.3, -0.25) is 0 Å². The van der Waals surface area contributed by atoms with Gasteiger partial charge < -0.3 is 24.7 Å². The first-order valence-electron chi connectivity index (χ1n) is 11.0. The third-order valence-corrected chi connectivity index (χ3v) is 6.22. The fourth-order valence-corrected chi connectivity index (χ4v) is 4.41. The summed E-state index contributed by atoms with van der Waals surface area (Å²) in [6.45, 7) is 7.47. The van der Waals surface area contributed by atoms with Gasteiger partial charge in [-0.25, -0.2) is 14.6 Å². The number of hydrogen-bond acceptors (Lipinski definition) is 9. The number of halogens is 6. The summed E-state index contributed by atoms with van der Waals surface area (Å²) in [5.74, 6) is -4.54. The van der Waals surface area contributed by atoms with E-state index in [1.54, 1.807) is 11.3 Å². The Morgan fingerprint density at radius 3 is 2.11 bits per heavy atom. The Morgan fingerprint density at radius 2 is 1.61 bits per heavy atom. The Hall–Kier alpha value is -3.21. The molecule has 0 bridgehead atoms. The van der Waals surface area contributed by atoms with E-state index < -0.39 is 24.3 Å². The van der Waals surface area contributed by atoms with Crippen LogP contribution in [0.15, 0.2) is 23.7 Å². The number of carboxylic acids is 2. The number of nitrogens with zero attached hydrogens (tertiary/aromatic N) is 5. The maximum atomic E-state index is 10.6. The van der Waals surface area contributed by atoms with E-state index >= 15 is 0 Å². The fraction of sp³-hybridized carbons (Fsp3) is 0.571. The third kappa shape index (κ3) is 9.59. The molecule has 1 atom stereocenters. The van der Waals surface area contributed by atoms with Crippen molar-refractivity contribution in [1.82, 2.24) is 15.2 Å². The zero-order valence-electron chi connectivity index (χ0n) is 20.0. The first-order valence-corrected chi connectivity index (χ1v) is 11.9. The van der Waals surface area contributed by atoms with Gasteiger partial charge in [-0.1, -0.05) is 0 Å². The molecule has 2 fully saturated rings. The predicted octanol–water partition coefficient (Wildman–Crippen LogP) is 3.63. The number of ether oxygens (including phenoxy) is 1. The van der Waals surface area contributed by atoms with E-state index in [-0.39, 0.29) is 5.41 Å². The van der Waals surface area contributed by atoms with Crippen LogP contribution in [0.2, 0.25) is 0 Å². The topological polar surface area (TPSA) is 129 Å².